The standard InChI is InChI=1S/C17H18ClNO/c1-2-14-8-10-16(11-9-14)19(17(20)12-18)13-15-6-4-3-5-7-15/h3-11H,2,12-13H2,1H3. The number of benzene rings is 2. The van der Waals surface area contributed by atoms with Crippen LogP contribution >= 0.6 is 11.6 Å². The third-order valence-electron chi connectivity index (χ3n) is 3.26. The Kier molecular flexibility index (Phi) is 5.19. The van der Waals surface area contributed by atoms with Crippen molar-refractivity contribution in [2.75, 3.05) is 10.8 Å². The summed E-state index contributed by atoms with van der Waals surface area (Å²) < 4.78 is 0. The molecule has 104 valence electrons. The highest BCUT2D eigenvalue weighted by molar-refractivity contribution is 6.29. The number of amides is 1. The van der Waals surface area contributed by atoms with Gasteiger partial charge in [0, 0.05) is 5.69 Å². The van der Waals surface area contributed by atoms with Gasteiger partial charge in [-0.1, -0.05) is 49.4 Å². The number of rotatable bonds is 5. The molecule has 0 aromatic heterocycles. The van der Waals surface area contributed by atoms with Crippen molar-refractivity contribution in [3.63, 3.8) is 0 Å². The van der Waals surface area contributed by atoms with E-state index in [0.717, 1.165) is 17.7 Å². The summed E-state index contributed by atoms with van der Waals surface area (Å²) >= 11 is 5.73. The second-order valence-electron chi connectivity index (χ2n) is 4.62. The third kappa shape index (κ3) is 3.61. The van der Waals surface area contributed by atoms with E-state index < -0.39 is 0 Å². The molecule has 2 rings (SSSR count). The lowest BCUT2D eigenvalue weighted by atomic mass is 10.1. The van der Waals surface area contributed by atoms with E-state index in [9.17, 15) is 4.79 Å². The molecule has 0 atom stereocenters. The van der Waals surface area contributed by atoms with Crippen molar-refractivity contribution in [2.45, 2.75) is 19.9 Å². The summed E-state index contributed by atoms with van der Waals surface area (Å²) in [6, 6.07) is 18.0. The van der Waals surface area contributed by atoms with Crippen molar-refractivity contribution in [3.05, 3.63) is 65.7 Å². The van der Waals surface area contributed by atoms with Crippen LogP contribution in [0.15, 0.2) is 54.6 Å². The molecule has 0 fully saturated rings. The molecule has 0 spiro atoms. The maximum absolute atomic E-state index is 12.1. The van der Waals surface area contributed by atoms with Gasteiger partial charge in [0.05, 0.1) is 6.54 Å². The predicted octanol–water partition coefficient (Wildman–Crippen LogP) is 4.02. The van der Waals surface area contributed by atoms with E-state index in [1.165, 1.54) is 5.56 Å². The molecule has 0 aliphatic carbocycles. The van der Waals surface area contributed by atoms with E-state index in [4.69, 9.17) is 11.6 Å². The lowest BCUT2D eigenvalue weighted by Crippen LogP contribution is -2.31. The van der Waals surface area contributed by atoms with Crippen molar-refractivity contribution in [2.24, 2.45) is 0 Å². The number of alkyl halides is 1. The first-order chi connectivity index (χ1) is 9.74. The first-order valence-corrected chi connectivity index (χ1v) is 7.27. The SMILES string of the molecule is CCc1ccc(N(Cc2ccccc2)C(=O)CCl)cc1. The molecule has 0 heterocycles. The average molecular weight is 288 g/mol. The first kappa shape index (κ1) is 14.6. The Morgan fingerprint density at radius 2 is 1.65 bits per heavy atom. The number of carbonyl (C=O) groups is 1. The highest BCUT2D eigenvalue weighted by Gasteiger charge is 2.15. The number of hydrogen-bond acceptors (Lipinski definition) is 1. The number of nitrogens with zero attached hydrogens (tertiary/aromatic N) is 1. The van der Waals surface area contributed by atoms with Crippen LogP contribution < -0.4 is 4.90 Å². The molecule has 0 saturated heterocycles. The molecule has 0 aliphatic rings. The summed E-state index contributed by atoms with van der Waals surface area (Å²) in [5.74, 6) is -0.0951. The summed E-state index contributed by atoms with van der Waals surface area (Å²) in [6.45, 7) is 2.65. The second-order valence-corrected chi connectivity index (χ2v) is 4.89. The molecular weight excluding hydrogens is 270 g/mol. The van der Waals surface area contributed by atoms with Gasteiger partial charge < -0.3 is 4.90 Å². The fourth-order valence-electron chi connectivity index (χ4n) is 2.07. The quantitative estimate of drug-likeness (QED) is 0.761. The Morgan fingerprint density at radius 1 is 1.00 bits per heavy atom. The third-order valence-corrected chi connectivity index (χ3v) is 3.48. The van der Waals surface area contributed by atoms with Gasteiger partial charge in [0.1, 0.15) is 5.88 Å². The van der Waals surface area contributed by atoms with Crippen molar-refractivity contribution in [1.29, 1.82) is 0 Å². The fourth-order valence-corrected chi connectivity index (χ4v) is 2.22. The molecule has 0 saturated carbocycles. The highest BCUT2D eigenvalue weighted by Crippen LogP contribution is 2.19. The van der Waals surface area contributed by atoms with E-state index in [1.807, 2.05) is 42.5 Å². The Morgan fingerprint density at radius 3 is 2.20 bits per heavy atom. The minimum Gasteiger partial charge on any atom is -0.307 e. The lowest BCUT2D eigenvalue weighted by Gasteiger charge is -2.22. The minimum absolute atomic E-state index is 0.0115. The zero-order valence-electron chi connectivity index (χ0n) is 11.6. The number of halogens is 1. The zero-order valence-corrected chi connectivity index (χ0v) is 12.3. The van der Waals surface area contributed by atoms with Crippen LogP contribution in [0.3, 0.4) is 0 Å². The summed E-state index contributed by atoms with van der Waals surface area (Å²) in [5, 5.41) is 0. The van der Waals surface area contributed by atoms with Crippen molar-refractivity contribution >= 4 is 23.2 Å². The van der Waals surface area contributed by atoms with Gasteiger partial charge in [-0.25, -0.2) is 0 Å². The molecule has 20 heavy (non-hydrogen) atoms. The van der Waals surface area contributed by atoms with Gasteiger partial charge in [0.15, 0.2) is 0 Å². The number of anilines is 1. The summed E-state index contributed by atoms with van der Waals surface area (Å²) in [5.41, 5.74) is 3.23. The van der Waals surface area contributed by atoms with Crippen LogP contribution in [-0.2, 0) is 17.8 Å². The molecular formula is C17H18ClNO. The molecule has 2 nitrogen and oxygen atoms in total. The highest BCUT2D eigenvalue weighted by atomic mass is 35.5. The molecule has 1 amide bonds. The monoisotopic (exact) mass is 287 g/mol. The Labute approximate surface area is 125 Å². The van der Waals surface area contributed by atoms with Gasteiger partial charge in [-0.3, -0.25) is 4.79 Å². The molecule has 0 radical (unpaired) electrons. The molecule has 2 aromatic rings. The molecule has 0 unspecified atom stereocenters. The Balaban J connectivity index is 2.25. The number of aryl methyl sites for hydroxylation is 1. The zero-order chi connectivity index (χ0) is 14.4. The maximum Gasteiger partial charge on any atom is 0.242 e. The van der Waals surface area contributed by atoms with Crippen molar-refractivity contribution in [1.82, 2.24) is 0 Å². The lowest BCUT2D eigenvalue weighted by molar-refractivity contribution is -0.116. The molecule has 0 N–H and O–H groups in total. The van der Waals surface area contributed by atoms with Gasteiger partial charge in [-0.2, -0.15) is 0 Å². The molecule has 0 aliphatic heterocycles. The van der Waals surface area contributed by atoms with Crippen LogP contribution in [0.5, 0.6) is 0 Å². The summed E-state index contributed by atoms with van der Waals surface area (Å²) in [4.78, 5) is 13.8. The summed E-state index contributed by atoms with van der Waals surface area (Å²) in [6.07, 6.45) is 0.989. The van der Waals surface area contributed by atoms with Gasteiger partial charge in [-0.05, 0) is 29.7 Å². The normalized spacial score (nSPS) is 10.3. The number of hydrogen-bond donors (Lipinski definition) is 0. The summed E-state index contributed by atoms with van der Waals surface area (Å²) in [7, 11) is 0. The van der Waals surface area contributed by atoms with Gasteiger partial charge in [-0.15, -0.1) is 11.6 Å². The Hall–Kier alpha value is -1.80. The van der Waals surface area contributed by atoms with E-state index in [1.54, 1.807) is 4.90 Å². The van der Waals surface area contributed by atoms with Crippen LogP contribution in [0.4, 0.5) is 5.69 Å². The molecule has 3 heteroatoms. The van der Waals surface area contributed by atoms with Gasteiger partial charge in [0.25, 0.3) is 0 Å². The molecule has 2 aromatic carbocycles. The van der Waals surface area contributed by atoms with E-state index >= 15 is 0 Å². The topological polar surface area (TPSA) is 20.3 Å². The van der Waals surface area contributed by atoms with Crippen molar-refractivity contribution < 1.29 is 4.79 Å². The van der Waals surface area contributed by atoms with Gasteiger partial charge >= 0.3 is 0 Å². The maximum atomic E-state index is 12.1. The first-order valence-electron chi connectivity index (χ1n) is 6.73. The predicted molar refractivity (Wildman–Crippen MR) is 84.2 cm³/mol. The van der Waals surface area contributed by atoms with Crippen molar-refractivity contribution in [3.8, 4) is 0 Å². The van der Waals surface area contributed by atoms with Crippen LogP contribution in [0.25, 0.3) is 0 Å². The number of carbonyl (C=O) groups excluding carboxylic acids is 1. The Bertz CT molecular complexity index is 551. The average Bonchev–Trinajstić information content (AvgIpc) is 2.53. The van der Waals surface area contributed by atoms with Crippen LogP contribution in [0, 0.1) is 0 Å². The van der Waals surface area contributed by atoms with Crippen LogP contribution in [-0.4, -0.2) is 11.8 Å². The van der Waals surface area contributed by atoms with Gasteiger partial charge in [0.2, 0.25) is 5.91 Å². The second kappa shape index (κ2) is 7.11. The van der Waals surface area contributed by atoms with Crippen LogP contribution in [0.2, 0.25) is 0 Å². The minimum atomic E-state index is -0.0835. The van der Waals surface area contributed by atoms with Crippen LogP contribution in [0.1, 0.15) is 18.1 Å². The fraction of sp³-hybridized carbons (Fsp3) is 0.235. The van der Waals surface area contributed by atoms with E-state index in [2.05, 4.69) is 19.1 Å². The molecule has 0 bridgehead atoms. The smallest absolute Gasteiger partial charge is 0.242 e. The van der Waals surface area contributed by atoms with E-state index in [-0.39, 0.29) is 11.8 Å². The largest absolute Gasteiger partial charge is 0.307 e. The van der Waals surface area contributed by atoms with E-state index in [0.29, 0.717) is 6.54 Å².